The van der Waals surface area contributed by atoms with E-state index in [9.17, 15) is 4.79 Å². The molecule has 0 aliphatic heterocycles. The molecule has 86 valence electrons. The van der Waals surface area contributed by atoms with Gasteiger partial charge in [0.15, 0.2) is 0 Å². The van der Waals surface area contributed by atoms with Crippen molar-refractivity contribution in [1.82, 2.24) is 5.32 Å². The molecule has 2 fully saturated rings. The first-order valence-corrected chi connectivity index (χ1v) is 6.40. The number of alkyl halides is 1. The topological polar surface area (TPSA) is 55.1 Å². The van der Waals surface area contributed by atoms with Crippen LogP contribution in [0, 0.1) is 10.8 Å². The summed E-state index contributed by atoms with van der Waals surface area (Å²) < 4.78 is 0. The summed E-state index contributed by atoms with van der Waals surface area (Å²) in [6.07, 6.45) is 1.85. The molecular weight excluding hydrogens is 256 g/mol. The fraction of sp³-hybridized carbons (Fsp3) is 0.909. The fourth-order valence-electron chi connectivity index (χ4n) is 2.08. The third-order valence-corrected chi connectivity index (χ3v) is 5.64. The summed E-state index contributed by atoms with van der Waals surface area (Å²) >= 11 is 3.49. The van der Waals surface area contributed by atoms with Crippen molar-refractivity contribution in [1.29, 1.82) is 0 Å². The zero-order valence-corrected chi connectivity index (χ0v) is 11.1. The molecule has 0 spiro atoms. The predicted octanol–water partition coefficient (Wildman–Crippen LogP) is 1.40. The number of halogens is 1. The average molecular weight is 275 g/mol. The Kier molecular flexibility index (Phi) is 2.43. The zero-order chi connectivity index (χ0) is 11.4. The van der Waals surface area contributed by atoms with Crippen LogP contribution in [0.4, 0.5) is 0 Å². The SMILES string of the molecule is CC1(C(=O)NC2CC(N)C2(C)C)CC1Br. The Morgan fingerprint density at radius 1 is 1.47 bits per heavy atom. The van der Waals surface area contributed by atoms with Crippen molar-refractivity contribution in [2.75, 3.05) is 0 Å². The van der Waals surface area contributed by atoms with Gasteiger partial charge in [-0.2, -0.15) is 0 Å². The van der Waals surface area contributed by atoms with Gasteiger partial charge in [-0.3, -0.25) is 4.79 Å². The highest BCUT2D eigenvalue weighted by molar-refractivity contribution is 9.09. The molecule has 4 unspecified atom stereocenters. The molecule has 3 N–H and O–H groups in total. The van der Waals surface area contributed by atoms with E-state index in [1.165, 1.54) is 0 Å². The Hall–Kier alpha value is -0.0900. The number of carbonyl (C=O) groups excluding carboxylic acids is 1. The van der Waals surface area contributed by atoms with Crippen molar-refractivity contribution >= 4 is 21.8 Å². The standard InChI is InChI=1S/C11H19BrN2O/c1-10(2)7(13)4-8(10)14-9(15)11(3)5-6(11)12/h6-8H,4-5,13H2,1-3H3,(H,14,15). The summed E-state index contributed by atoms with van der Waals surface area (Å²) in [5.74, 6) is 0.175. The van der Waals surface area contributed by atoms with Gasteiger partial charge in [0, 0.05) is 22.3 Å². The number of rotatable bonds is 2. The Bertz CT molecular complexity index is 305. The van der Waals surface area contributed by atoms with Gasteiger partial charge in [-0.15, -0.1) is 0 Å². The molecule has 2 rings (SSSR count). The lowest BCUT2D eigenvalue weighted by molar-refractivity contribution is -0.128. The van der Waals surface area contributed by atoms with Gasteiger partial charge in [-0.25, -0.2) is 0 Å². The van der Waals surface area contributed by atoms with Crippen LogP contribution < -0.4 is 11.1 Å². The molecule has 0 aromatic carbocycles. The summed E-state index contributed by atoms with van der Waals surface area (Å²) in [6, 6.07) is 0.465. The summed E-state index contributed by atoms with van der Waals surface area (Å²) in [7, 11) is 0. The van der Waals surface area contributed by atoms with Crippen LogP contribution in [0.25, 0.3) is 0 Å². The second kappa shape index (κ2) is 3.20. The molecule has 1 amide bonds. The third-order valence-electron chi connectivity index (χ3n) is 4.30. The smallest absolute Gasteiger partial charge is 0.227 e. The van der Waals surface area contributed by atoms with Crippen molar-refractivity contribution in [3.8, 4) is 0 Å². The van der Waals surface area contributed by atoms with E-state index >= 15 is 0 Å². The van der Waals surface area contributed by atoms with E-state index in [4.69, 9.17) is 5.73 Å². The number of hydrogen-bond donors (Lipinski definition) is 2. The molecule has 4 heteroatoms. The van der Waals surface area contributed by atoms with Crippen LogP contribution in [0.15, 0.2) is 0 Å². The van der Waals surface area contributed by atoms with E-state index in [1.54, 1.807) is 0 Å². The molecule has 2 saturated carbocycles. The minimum Gasteiger partial charge on any atom is -0.352 e. The summed E-state index contributed by atoms with van der Waals surface area (Å²) in [5.41, 5.74) is 5.77. The molecule has 3 nitrogen and oxygen atoms in total. The van der Waals surface area contributed by atoms with Gasteiger partial charge < -0.3 is 11.1 Å². The number of carbonyl (C=O) groups is 1. The molecule has 0 saturated heterocycles. The van der Waals surface area contributed by atoms with Crippen molar-refractivity contribution < 1.29 is 4.79 Å². The van der Waals surface area contributed by atoms with Crippen LogP contribution in [0.2, 0.25) is 0 Å². The number of nitrogens with one attached hydrogen (secondary N) is 1. The highest BCUT2D eigenvalue weighted by Gasteiger charge is 2.56. The van der Waals surface area contributed by atoms with E-state index in [0.717, 1.165) is 12.8 Å². The van der Waals surface area contributed by atoms with Gasteiger partial charge >= 0.3 is 0 Å². The van der Waals surface area contributed by atoms with E-state index in [-0.39, 0.29) is 28.8 Å². The van der Waals surface area contributed by atoms with Gasteiger partial charge in [0.25, 0.3) is 0 Å². The van der Waals surface area contributed by atoms with Crippen LogP contribution in [-0.4, -0.2) is 22.8 Å². The van der Waals surface area contributed by atoms with Crippen molar-refractivity contribution in [3.05, 3.63) is 0 Å². The largest absolute Gasteiger partial charge is 0.352 e. The fourth-order valence-corrected chi connectivity index (χ4v) is 2.96. The van der Waals surface area contributed by atoms with Gasteiger partial charge in [0.05, 0.1) is 5.41 Å². The van der Waals surface area contributed by atoms with Crippen molar-refractivity contribution in [2.45, 2.75) is 50.5 Å². The zero-order valence-electron chi connectivity index (χ0n) is 9.51. The second-order valence-corrected chi connectivity index (χ2v) is 6.88. The molecule has 0 heterocycles. The first kappa shape index (κ1) is 11.4. The lowest BCUT2D eigenvalue weighted by atomic mass is 9.63. The Balaban J connectivity index is 1.92. The second-order valence-electron chi connectivity index (χ2n) is 5.78. The Morgan fingerprint density at radius 2 is 2.00 bits per heavy atom. The first-order valence-electron chi connectivity index (χ1n) is 5.49. The van der Waals surface area contributed by atoms with Gasteiger partial charge in [-0.1, -0.05) is 29.8 Å². The molecule has 2 aliphatic rings. The number of amides is 1. The summed E-state index contributed by atoms with van der Waals surface area (Å²) in [4.78, 5) is 12.3. The normalized spacial score (nSPS) is 46.9. The van der Waals surface area contributed by atoms with E-state index in [2.05, 4.69) is 35.1 Å². The van der Waals surface area contributed by atoms with E-state index < -0.39 is 0 Å². The van der Waals surface area contributed by atoms with Gasteiger partial charge in [0.2, 0.25) is 5.91 Å². The maximum Gasteiger partial charge on any atom is 0.227 e. The molecule has 4 atom stereocenters. The molecule has 15 heavy (non-hydrogen) atoms. The van der Waals surface area contributed by atoms with Crippen molar-refractivity contribution in [2.24, 2.45) is 16.6 Å². The quantitative estimate of drug-likeness (QED) is 0.748. The Morgan fingerprint density at radius 3 is 2.33 bits per heavy atom. The summed E-state index contributed by atoms with van der Waals surface area (Å²) in [5, 5.41) is 3.12. The lowest BCUT2D eigenvalue weighted by Gasteiger charge is -2.50. The van der Waals surface area contributed by atoms with Crippen LogP contribution in [0.3, 0.4) is 0 Å². The highest BCUT2D eigenvalue weighted by Crippen LogP contribution is 2.52. The molecule has 0 bridgehead atoms. The predicted molar refractivity (Wildman–Crippen MR) is 63.7 cm³/mol. The van der Waals surface area contributed by atoms with E-state index in [0.29, 0.717) is 4.83 Å². The maximum absolute atomic E-state index is 12.0. The Labute approximate surface area is 99.3 Å². The number of hydrogen-bond acceptors (Lipinski definition) is 2. The molecular formula is C11H19BrN2O. The number of nitrogens with two attached hydrogens (primary N) is 1. The molecule has 0 radical (unpaired) electrons. The minimum absolute atomic E-state index is 0.0444. The van der Waals surface area contributed by atoms with Gasteiger partial charge in [0.1, 0.15) is 0 Å². The molecule has 2 aliphatic carbocycles. The van der Waals surface area contributed by atoms with Crippen molar-refractivity contribution in [3.63, 3.8) is 0 Å². The first-order chi connectivity index (χ1) is 6.78. The van der Waals surface area contributed by atoms with Crippen LogP contribution in [0.5, 0.6) is 0 Å². The lowest BCUT2D eigenvalue weighted by Crippen LogP contribution is -2.65. The van der Waals surface area contributed by atoms with Gasteiger partial charge in [-0.05, 0) is 19.8 Å². The molecule has 0 aromatic heterocycles. The maximum atomic E-state index is 12.0. The monoisotopic (exact) mass is 274 g/mol. The minimum atomic E-state index is -0.185. The van der Waals surface area contributed by atoms with Crippen LogP contribution in [-0.2, 0) is 4.79 Å². The van der Waals surface area contributed by atoms with E-state index in [1.807, 2.05) is 6.92 Å². The molecule has 0 aromatic rings. The third kappa shape index (κ3) is 1.62. The summed E-state index contributed by atoms with van der Waals surface area (Å²) in [6.45, 7) is 6.24. The highest BCUT2D eigenvalue weighted by atomic mass is 79.9. The average Bonchev–Trinajstić information content (AvgIpc) is 2.75. The van der Waals surface area contributed by atoms with Crippen LogP contribution in [0.1, 0.15) is 33.6 Å². The van der Waals surface area contributed by atoms with Crippen LogP contribution >= 0.6 is 15.9 Å².